The Morgan fingerprint density at radius 3 is 2.77 bits per heavy atom. The topological polar surface area (TPSA) is 28.7 Å². The molecule has 0 unspecified atom stereocenters. The van der Waals surface area contributed by atoms with Crippen molar-refractivity contribution in [2.24, 2.45) is 0 Å². The number of nitrogens with one attached hydrogen (secondary N) is 1. The Morgan fingerprint density at radius 1 is 0.923 bits per heavy atom. The lowest BCUT2D eigenvalue weighted by Gasteiger charge is -1.96. The zero-order chi connectivity index (χ0) is 8.67. The fraction of sp³-hybridized carbons (Fsp3) is 0. The predicted octanol–water partition coefficient (Wildman–Crippen LogP) is 2.72. The van der Waals surface area contributed by atoms with Gasteiger partial charge in [-0.2, -0.15) is 5.10 Å². The van der Waals surface area contributed by atoms with Gasteiger partial charge in [0.25, 0.3) is 0 Å². The molecule has 0 saturated carbocycles. The molecule has 0 aliphatic carbocycles. The second-order valence-electron chi connectivity index (χ2n) is 3.11. The van der Waals surface area contributed by atoms with Gasteiger partial charge in [0.2, 0.25) is 0 Å². The van der Waals surface area contributed by atoms with Gasteiger partial charge < -0.3 is 0 Å². The van der Waals surface area contributed by atoms with Crippen molar-refractivity contribution in [2.45, 2.75) is 0 Å². The highest BCUT2D eigenvalue weighted by Gasteiger charge is 2.00. The number of aromatic nitrogens is 2. The summed E-state index contributed by atoms with van der Waals surface area (Å²) in [7, 11) is 0. The van der Waals surface area contributed by atoms with E-state index < -0.39 is 0 Å². The maximum absolute atomic E-state index is 4.22. The smallest absolute Gasteiger partial charge is 0.0998 e. The Hall–Kier alpha value is -1.83. The SMILES string of the molecule is c1ccc2c(c1)ccc1c[nH]nc12. The Balaban J connectivity index is 2.65. The Bertz CT molecular complexity index is 566. The number of hydrogen-bond acceptors (Lipinski definition) is 1. The first-order chi connectivity index (χ1) is 6.45. The first kappa shape index (κ1) is 6.66. The monoisotopic (exact) mass is 168 g/mol. The van der Waals surface area contributed by atoms with E-state index in [1.165, 1.54) is 16.2 Å². The largest absolute Gasteiger partial charge is 0.284 e. The van der Waals surface area contributed by atoms with E-state index in [0.717, 1.165) is 5.52 Å². The molecule has 13 heavy (non-hydrogen) atoms. The molecule has 2 aromatic carbocycles. The highest BCUT2D eigenvalue weighted by Crippen LogP contribution is 2.22. The van der Waals surface area contributed by atoms with Crippen LogP contribution in [0.5, 0.6) is 0 Å². The van der Waals surface area contributed by atoms with Crippen LogP contribution < -0.4 is 0 Å². The predicted molar refractivity (Wildman–Crippen MR) is 53.6 cm³/mol. The minimum atomic E-state index is 1.05. The van der Waals surface area contributed by atoms with Crippen LogP contribution >= 0.6 is 0 Å². The molecule has 0 aliphatic heterocycles. The molecule has 0 aliphatic rings. The van der Waals surface area contributed by atoms with E-state index in [1.807, 2.05) is 18.3 Å². The molecule has 2 nitrogen and oxygen atoms in total. The maximum atomic E-state index is 4.22. The fourth-order valence-corrected chi connectivity index (χ4v) is 1.68. The van der Waals surface area contributed by atoms with E-state index in [9.17, 15) is 0 Å². The molecular formula is C11H8N2. The average molecular weight is 168 g/mol. The van der Waals surface area contributed by atoms with Crippen LogP contribution in [0.15, 0.2) is 42.6 Å². The average Bonchev–Trinajstić information content (AvgIpc) is 2.65. The standard InChI is InChI=1S/C11H8N2/c1-2-4-10-8(3-1)5-6-9-7-12-13-11(9)10/h1-7H,(H,12,13). The van der Waals surface area contributed by atoms with Gasteiger partial charge in [-0.05, 0) is 5.39 Å². The summed E-state index contributed by atoms with van der Waals surface area (Å²) in [4.78, 5) is 0. The van der Waals surface area contributed by atoms with Gasteiger partial charge in [-0.15, -0.1) is 0 Å². The van der Waals surface area contributed by atoms with Gasteiger partial charge >= 0.3 is 0 Å². The summed E-state index contributed by atoms with van der Waals surface area (Å²) < 4.78 is 0. The van der Waals surface area contributed by atoms with E-state index in [1.54, 1.807) is 0 Å². The summed E-state index contributed by atoms with van der Waals surface area (Å²) in [5, 5.41) is 10.7. The third-order valence-corrected chi connectivity index (χ3v) is 2.33. The lowest BCUT2D eigenvalue weighted by atomic mass is 10.1. The van der Waals surface area contributed by atoms with Crippen molar-refractivity contribution in [3.8, 4) is 0 Å². The van der Waals surface area contributed by atoms with Crippen LogP contribution in [0.1, 0.15) is 0 Å². The number of fused-ring (bicyclic) bond motifs is 3. The van der Waals surface area contributed by atoms with Crippen LogP contribution in [-0.2, 0) is 0 Å². The molecule has 62 valence electrons. The van der Waals surface area contributed by atoms with Crippen LogP contribution in [0, 0.1) is 0 Å². The second-order valence-corrected chi connectivity index (χ2v) is 3.11. The van der Waals surface area contributed by atoms with Crippen molar-refractivity contribution >= 4 is 21.7 Å². The van der Waals surface area contributed by atoms with Gasteiger partial charge in [-0.3, -0.25) is 5.10 Å². The number of benzene rings is 2. The minimum absolute atomic E-state index is 1.05. The lowest BCUT2D eigenvalue weighted by molar-refractivity contribution is 1.12. The zero-order valence-electron chi connectivity index (χ0n) is 6.99. The lowest BCUT2D eigenvalue weighted by Crippen LogP contribution is -1.74. The molecule has 0 amide bonds. The third kappa shape index (κ3) is 0.855. The highest BCUT2D eigenvalue weighted by atomic mass is 15.1. The molecule has 3 rings (SSSR count). The number of nitrogens with zero attached hydrogens (tertiary/aromatic N) is 1. The van der Waals surface area contributed by atoms with Crippen LogP contribution in [-0.4, -0.2) is 10.2 Å². The molecular weight excluding hydrogens is 160 g/mol. The summed E-state index contributed by atoms with van der Waals surface area (Å²) in [6, 6.07) is 12.5. The van der Waals surface area contributed by atoms with Crippen LogP contribution in [0.3, 0.4) is 0 Å². The molecule has 1 heterocycles. The normalized spacial score (nSPS) is 11.1. The first-order valence-corrected chi connectivity index (χ1v) is 4.26. The third-order valence-electron chi connectivity index (χ3n) is 2.33. The molecule has 0 fully saturated rings. The summed E-state index contributed by atoms with van der Waals surface area (Å²) in [6.45, 7) is 0. The van der Waals surface area contributed by atoms with Gasteiger partial charge in [0, 0.05) is 17.0 Å². The molecule has 0 saturated heterocycles. The molecule has 2 heteroatoms. The van der Waals surface area contributed by atoms with Gasteiger partial charge in [0.1, 0.15) is 0 Å². The van der Waals surface area contributed by atoms with Crippen molar-refractivity contribution in [3.05, 3.63) is 42.6 Å². The van der Waals surface area contributed by atoms with Crippen LogP contribution in [0.25, 0.3) is 21.7 Å². The van der Waals surface area contributed by atoms with E-state index >= 15 is 0 Å². The number of H-pyrrole nitrogens is 1. The highest BCUT2D eigenvalue weighted by molar-refractivity contribution is 6.04. The maximum Gasteiger partial charge on any atom is 0.0998 e. The number of hydrogen-bond donors (Lipinski definition) is 1. The Labute approximate surface area is 75.2 Å². The van der Waals surface area contributed by atoms with E-state index in [0.29, 0.717) is 0 Å². The summed E-state index contributed by atoms with van der Waals surface area (Å²) in [6.07, 6.45) is 1.92. The Morgan fingerprint density at radius 2 is 1.77 bits per heavy atom. The number of rotatable bonds is 0. The number of aromatic amines is 1. The minimum Gasteiger partial charge on any atom is -0.284 e. The zero-order valence-corrected chi connectivity index (χ0v) is 6.99. The molecule has 1 N–H and O–H groups in total. The first-order valence-electron chi connectivity index (χ1n) is 4.26. The van der Waals surface area contributed by atoms with Gasteiger partial charge in [-0.25, -0.2) is 0 Å². The molecule has 1 aromatic heterocycles. The van der Waals surface area contributed by atoms with Crippen molar-refractivity contribution in [1.29, 1.82) is 0 Å². The van der Waals surface area contributed by atoms with E-state index in [2.05, 4.69) is 34.5 Å². The molecule has 0 atom stereocenters. The van der Waals surface area contributed by atoms with Crippen molar-refractivity contribution in [1.82, 2.24) is 10.2 Å². The summed E-state index contributed by atoms with van der Waals surface area (Å²) >= 11 is 0. The molecule has 0 spiro atoms. The van der Waals surface area contributed by atoms with Crippen molar-refractivity contribution < 1.29 is 0 Å². The summed E-state index contributed by atoms with van der Waals surface area (Å²) in [5.41, 5.74) is 1.05. The molecule has 0 bridgehead atoms. The van der Waals surface area contributed by atoms with Gasteiger partial charge in [0.05, 0.1) is 5.52 Å². The van der Waals surface area contributed by atoms with E-state index in [-0.39, 0.29) is 0 Å². The summed E-state index contributed by atoms with van der Waals surface area (Å²) in [5.74, 6) is 0. The van der Waals surface area contributed by atoms with E-state index in [4.69, 9.17) is 0 Å². The van der Waals surface area contributed by atoms with Gasteiger partial charge in [0.15, 0.2) is 0 Å². The fourth-order valence-electron chi connectivity index (χ4n) is 1.68. The van der Waals surface area contributed by atoms with Crippen molar-refractivity contribution in [3.63, 3.8) is 0 Å². The second kappa shape index (κ2) is 2.33. The van der Waals surface area contributed by atoms with Crippen LogP contribution in [0.2, 0.25) is 0 Å². The molecule has 3 aromatic rings. The van der Waals surface area contributed by atoms with Crippen molar-refractivity contribution in [2.75, 3.05) is 0 Å². The van der Waals surface area contributed by atoms with Crippen LogP contribution in [0.4, 0.5) is 0 Å². The molecule has 0 radical (unpaired) electrons. The Kier molecular flexibility index (Phi) is 1.19. The quantitative estimate of drug-likeness (QED) is 0.549. The van der Waals surface area contributed by atoms with Gasteiger partial charge in [-0.1, -0.05) is 36.4 Å².